The second-order valence-corrected chi connectivity index (χ2v) is 10.2. The maximum atomic E-state index is 12.7. The quantitative estimate of drug-likeness (QED) is 0.371. The minimum absolute atomic E-state index is 0.192. The lowest BCUT2D eigenvalue weighted by Crippen LogP contribution is -2.39. The highest BCUT2D eigenvalue weighted by atomic mass is 35.5. The number of aliphatic hydroxyl groups is 1. The predicted molar refractivity (Wildman–Crippen MR) is 139 cm³/mol. The van der Waals surface area contributed by atoms with Gasteiger partial charge in [-0.15, -0.1) is 0 Å². The molecule has 1 aliphatic rings. The number of likely N-dealkylation sites (tertiary alicyclic amines) is 1. The lowest BCUT2D eigenvalue weighted by Gasteiger charge is -2.29. The van der Waals surface area contributed by atoms with Crippen LogP contribution in [0.25, 0.3) is 22.2 Å². The van der Waals surface area contributed by atoms with Gasteiger partial charge in [0.05, 0.1) is 19.3 Å². The van der Waals surface area contributed by atoms with Crippen molar-refractivity contribution in [2.75, 3.05) is 26.2 Å². The van der Waals surface area contributed by atoms with Crippen LogP contribution in [-0.2, 0) is 11.3 Å². The van der Waals surface area contributed by atoms with E-state index in [2.05, 4.69) is 35.4 Å². The van der Waals surface area contributed by atoms with Gasteiger partial charge < -0.3 is 19.3 Å². The zero-order valence-electron chi connectivity index (χ0n) is 20.2. The number of hydrogen-bond donors (Lipinski definition) is 1. The summed E-state index contributed by atoms with van der Waals surface area (Å²) in [6.45, 7) is 7.87. The van der Waals surface area contributed by atoms with Crippen LogP contribution >= 0.6 is 11.6 Å². The number of carbonyl (C=O) groups excluding carboxylic acids is 1. The predicted octanol–water partition coefficient (Wildman–Crippen LogP) is 5.80. The molecule has 0 saturated carbocycles. The Hall–Kier alpha value is -2.34. The van der Waals surface area contributed by atoms with Crippen molar-refractivity contribution in [2.45, 2.75) is 52.2 Å². The number of carbonyl (C=O) groups is 1. The Kier molecular flexibility index (Phi) is 8.30. The summed E-state index contributed by atoms with van der Waals surface area (Å²) in [6.07, 6.45) is 3.26. The van der Waals surface area contributed by atoms with E-state index in [9.17, 15) is 9.90 Å². The fraction of sp³-hybridized carbons (Fsp3) is 0.464. The SMILES string of the molecule is CC(C)CC(=O)Cn1c(-c2cccc(Cl)c2)cc2cc(OCCCN3CCCC(O)C3)ccc21. The van der Waals surface area contributed by atoms with E-state index in [1.807, 2.05) is 36.4 Å². The van der Waals surface area contributed by atoms with Crippen molar-refractivity contribution in [2.24, 2.45) is 5.92 Å². The summed E-state index contributed by atoms with van der Waals surface area (Å²) in [5.74, 6) is 1.38. The topological polar surface area (TPSA) is 54.7 Å². The number of halogens is 1. The number of aromatic nitrogens is 1. The molecule has 6 heteroatoms. The van der Waals surface area contributed by atoms with Gasteiger partial charge in [0.25, 0.3) is 0 Å². The van der Waals surface area contributed by atoms with E-state index in [0.29, 0.717) is 30.5 Å². The number of ketones is 1. The van der Waals surface area contributed by atoms with Crippen molar-refractivity contribution in [1.82, 2.24) is 9.47 Å². The maximum Gasteiger partial charge on any atom is 0.152 e. The van der Waals surface area contributed by atoms with Gasteiger partial charge in [0, 0.05) is 41.1 Å². The summed E-state index contributed by atoms with van der Waals surface area (Å²) < 4.78 is 8.15. The van der Waals surface area contributed by atoms with Gasteiger partial charge in [-0.05, 0) is 73.7 Å². The van der Waals surface area contributed by atoms with Gasteiger partial charge in [0.2, 0.25) is 0 Å². The van der Waals surface area contributed by atoms with E-state index in [-0.39, 0.29) is 11.9 Å². The minimum Gasteiger partial charge on any atom is -0.494 e. The van der Waals surface area contributed by atoms with Crippen LogP contribution in [0, 0.1) is 5.92 Å². The smallest absolute Gasteiger partial charge is 0.152 e. The number of hydrogen-bond acceptors (Lipinski definition) is 4. The summed E-state index contributed by atoms with van der Waals surface area (Å²) in [7, 11) is 0. The summed E-state index contributed by atoms with van der Waals surface area (Å²) in [5, 5.41) is 11.6. The standard InChI is InChI=1S/C28H35ClN2O3/c1-20(2)14-25(33)19-31-27-10-9-26(34-13-5-12-30-11-4-8-24(32)18-30)16-22(27)17-28(31)21-6-3-7-23(29)15-21/h3,6-7,9-10,15-17,20,24,32H,4-5,8,11-14,18-19H2,1-2H3. The van der Waals surface area contributed by atoms with Crippen LogP contribution < -0.4 is 4.74 Å². The first-order valence-corrected chi connectivity index (χ1v) is 12.7. The van der Waals surface area contributed by atoms with Crippen molar-refractivity contribution in [3.8, 4) is 17.0 Å². The second kappa shape index (κ2) is 11.4. The fourth-order valence-corrected chi connectivity index (χ4v) is 5.00. The Bertz CT molecular complexity index is 1120. The Labute approximate surface area is 207 Å². The molecule has 1 atom stereocenters. The minimum atomic E-state index is -0.192. The molecule has 0 bridgehead atoms. The van der Waals surface area contributed by atoms with Crippen molar-refractivity contribution in [3.63, 3.8) is 0 Å². The van der Waals surface area contributed by atoms with Gasteiger partial charge in [-0.1, -0.05) is 37.6 Å². The van der Waals surface area contributed by atoms with Crippen LogP contribution in [0.1, 0.15) is 39.5 Å². The van der Waals surface area contributed by atoms with Crippen molar-refractivity contribution in [1.29, 1.82) is 0 Å². The molecule has 1 saturated heterocycles. The molecule has 1 aliphatic heterocycles. The Morgan fingerprint density at radius 1 is 1.21 bits per heavy atom. The number of fused-ring (bicyclic) bond motifs is 1. The molecule has 0 aliphatic carbocycles. The number of β-amino-alcohol motifs (C(OH)–C–C–N with tert-alkyl or cyclic N) is 1. The third-order valence-corrected chi connectivity index (χ3v) is 6.57. The van der Waals surface area contributed by atoms with Gasteiger partial charge in [-0.3, -0.25) is 4.79 Å². The number of ether oxygens (including phenoxy) is 1. The molecule has 34 heavy (non-hydrogen) atoms. The zero-order chi connectivity index (χ0) is 24.1. The van der Waals surface area contributed by atoms with Crippen LogP contribution in [-0.4, -0.2) is 52.7 Å². The third-order valence-electron chi connectivity index (χ3n) is 6.33. The Morgan fingerprint density at radius 3 is 2.82 bits per heavy atom. The molecule has 1 aromatic heterocycles. The van der Waals surface area contributed by atoms with Crippen LogP contribution in [0.2, 0.25) is 5.02 Å². The van der Waals surface area contributed by atoms with E-state index in [0.717, 1.165) is 66.8 Å². The second-order valence-electron chi connectivity index (χ2n) is 9.78. The summed E-state index contributed by atoms with van der Waals surface area (Å²) in [4.78, 5) is 15.0. The fourth-order valence-electron chi connectivity index (χ4n) is 4.80. The summed E-state index contributed by atoms with van der Waals surface area (Å²) >= 11 is 6.27. The van der Waals surface area contributed by atoms with Crippen molar-refractivity contribution < 1.29 is 14.6 Å². The Balaban J connectivity index is 1.50. The molecule has 182 valence electrons. The molecule has 1 fully saturated rings. The molecular formula is C28H35ClN2O3. The van der Waals surface area contributed by atoms with Crippen LogP contribution in [0.3, 0.4) is 0 Å². The van der Waals surface area contributed by atoms with Gasteiger partial charge >= 0.3 is 0 Å². The van der Waals surface area contributed by atoms with Crippen LogP contribution in [0.4, 0.5) is 0 Å². The van der Waals surface area contributed by atoms with E-state index >= 15 is 0 Å². The summed E-state index contributed by atoms with van der Waals surface area (Å²) in [5.41, 5.74) is 2.99. The highest BCUT2D eigenvalue weighted by Crippen LogP contribution is 2.32. The molecular weight excluding hydrogens is 448 g/mol. The molecule has 0 radical (unpaired) electrons. The maximum absolute atomic E-state index is 12.7. The first-order valence-electron chi connectivity index (χ1n) is 12.3. The molecule has 3 aromatic rings. The Morgan fingerprint density at radius 2 is 2.06 bits per heavy atom. The van der Waals surface area contributed by atoms with Gasteiger partial charge in [-0.25, -0.2) is 0 Å². The summed E-state index contributed by atoms with van der Waals surface area (Å²) in [6, 6.07) is 16.0. The number of rotatable bonds is 10. The van der Waals surface area contributed by atoms with E-state index in [1.54, 1.807) is 0 Å². The highest BCUT2D eigenvalue weighted by Gasteiger charge is 2.18. The van der Waals surface area contributed by atoms with E-state index in [1.165, 1.54) is 0 Å². The molecule has 0 spiro atoms. The van der Waals surface area contributed by atoms with Crippen LogP contribution in [0.5, 0.6) is 5.75 Å². The molecule has 1 N–H and O–H groups in total. The molecule has 2 aromatic carbocycles. The first-order chi connectivity index (χ1) is 16.4. The number of benzene rings is 2. The molecule has 2 heterocycles. The van der Waals surface area contributed by atoms with Crippen molar-refractivity contribution >= 4 is 28.3 Å². The van der Waals surface area contributed by atoms with Gasteiger partial charge in [-0.2, -0.15) is 0 Å². The normalized spacial score (nSPS) is 16.9. The van der Waals surface area contributed by atoms with Gasteiger partial charge in [0.15, 0.2) is 5.78 Å². The number of piperidine rings is 1. The lowest BCUT2D eigenvalue weighted by atomic mass is 10.1. The first kappa shape index (κ1) is 24.8. The number of aliphatic hydroxyl groups excluding tert-OH is 1. The number of nitrogens with zero attached hydrogens (tertiary/aromatic N) is 2. The average Bonchev–Trinajstić information content (AvgIpc) is 3.14. The lowest BCUT2D eigenvalue weighted by molar-refractivity contribution is -0.120. The molecule has 4 rings (SSSR count). The molecule has 0 amide bonds. The van der Waals surface area contributed by atoms with Gasteiger partial charge in [0.1, 0.15) is 5.75 Å². The van der Waals surface area contributed by atoms with E-state index < -0.39 is 0 Å². The zero-order valence-corrected chi connectivity index (χ0v) is 20.9. The van der Waals surface area contributed by atoms with E-state index in [4.69, 9.17) is 16.3 Å². The van der Waals surface area contributed by atoms with Crippen molar-refractivity contribution in [3.05, 3.63) is 53.6 Å². The third kappa shape index (κ3) is 6.41. The largest absolute Gasteiger partial charge is 0.494 e. The molecule has 5 nitrogen and oxygen atoms in total. The molecule has 1 unspecified atom stereocenters. The average molecular weight is 483 g/mol. The monoisotopic (exact) mass is 482 g/mol. The highest BCUT2D eigenvalue weighted by molar-refractivity contribution is 6.30. The number of Topliss-reactive ketones (excluding diaryl/α,β-unsaturated/α-hetero) is 1. The van der Waals surface area contributed by atoms with Crippen LogP contribution in [0.15, 0.2) is 48.5 Å².